The molecule has 452 valence electrons. The van der Waals surface area contributed by atoms with Crippen LogP contribution in [0.3, 0.4) is 0 Å². The van der Waals surface area contributed by atoms with Crippen LogP contribution in [-0.2, 0) is 75.7 Å². The number of esters is 2. The van der Waals surface area contributed by atoms with Gasteiger partial charge in [0.25, 0.3) is 10.0 Å². The van der Waals surface area contributed by atoms with Gasteiger partial charge in [-0.2, -0.15) is 0 Å². The summed E-state index contributed by atoms with van der Waals surface area (Å²) >= 11 is 0. The Hall–Kier alpha value is -7.84. The van der Waals surface area contributed by atoms with Crippen molar-refractivity contribution in [2.75, 3.05) is 33.4 Å². The van der Waals surface area contributed by atoms with E-state index < -0.39 is 124 Å². The number of amides is 5. The van der Waals surface area contributed by atoms with Crippen molar-refractivity contribution in [2.45, 2.75) is 154 Å². The van der Waals surface area contributed by atoms with E-state index in [0.717, 1.165) is 0 Å². The number of carboxylic acid groups (broad SMARTS) is 1. The molecule has 25 nitrogen and oxygen atoms in total. The number of aliphatic carboxylic acids is 1. The smallest absolute Gasteiger partial charge is 0.407 e. The molecule has 0 aromatic heterocycles. The Morgan fingerprint density at radius 1 is 0.683 bits per heavy atom. The zero-order valence-corrected chi connectivity index (χ0v) is 49.1. The van der Waals surface area contributed by atoms with Crippen molar-refractivity contribution in [1.82, 2.24) is 31.3 Å². The number of carboxylic acids is 1. The lowest BCUT2D eigenvalue weighted by molar-refractivity contribution is -0.164. The number of nitrogens with zero attached hydrogens (tertiary/aromatic N) is 1. The highest BCUT2D eigenvalue weighted by atomic mass is 32.2. The van der Waals surface area contributed by atoms with E-state index >= 15 is 0 Å². The maximum atomic E-state index is 14.4. The molecule has 0 unspecified atom stereocenters. The molecule has 0 heterocycles. The van der Waals surface area contributed by atoms with Crippen molar-refractivity contribution in [1.29, 1.82) is 0 Å². The molecule has 3 rings (SSSR count). The van der Waals surface area contributed by atoms with Crippen LogP contribution in [0.5, 0.6) is 5.75 Å². The first kappa shape index (κ1) is 68.4. The van der Waals surface area contributed by atoms with Crippen molar-refractivity contribution < 1.29 is 75.6 Å². The zero-order valence-electron chi connectivity index (χ0n) is 48.3. The fourth-order valence-corrected chi connectivity index (χ4v) is 9.29. The first-order valence-corrected chi connectivity index (χ1v) is 28.0. The first-order valence-electron chi connectivity index (χ1n) is 26.6. The number of aliphatic imine (C=N–C) groups is 1. The van der Waals surface area contributed by atoms with Crippen LogP contribution in [0.15, 0.2) is 76.6 Å². The van der Waals surface area contributed by atoms with Gasteiger partial charge >= 0.3 is 24.0 Å². The third-order valence-electron chi connectivity index (χ3n) is 12.1. The molecule has 3 aromatic rings. The van der Waals surface area contributed by atoms with Crippen molar-refractivity contribution in [3.63, 3.8) is 0 Å². The summed E-state index contributed by atoms with van der Waals surface area (Å²) < 4.78 is 56.7. The number of ether oxygens (including phenoxy) is 5. The average molecular weight is 1170 g/mol. The number of methoxy groups -OCH3 is 1. The van der Waals surface area contributed by atoms with Crippen LogP contribution >= 0.6 is 0 Å². The fraction of sp³-hybridized carbons (Fsp3) is 0.518. The number of unbranched alkanes of at least 4 members (excludes halogenated alkanes) is 1. The molecule has 0 aliphatic rings. The number of benzene rings is 3. The lowest BCUT2D eigenvalue weighted by Crippen LogP contribution is -2.59. The molecule has 0 spiro atoms. The normalized spacial score (nSPS) is 13.3. The molecular weight excluding hydrogens is 1090 g/mol. The SMILES string of the molecule is COc1cc(C)c(S(=O)(=O)NC(N)=NCCC[C@H](NC(=O)[C@H](CCCCNC(=O)OC(C)(C)C)NC(=O)[C@H](COC(C)(C)C)NC(=O)[C@@H](N)CC(C(=O)OCc2ccccc2)C(=O)OCc2ccccc2)C(=O)NCC(=O)O)c(C)c1C. The minimum atomic E-state index is -4.24. The van der Waals surface area contributed by atoms with Gasteiger partial charge in [-0.05, 0) is 135 Å². The van der Waals surface area contributed by atoms with Gasteiger partial charge < -0.3 is 66.8 Å². The molecule has 0 aliphatic heterocycles. The Morgan fingerprint density at radius 2 is 1.21 bits per heavy atom. The second-order valence-electron chi connectivity index (χ2n) is 21.2. The van der Waals surface area contributed by atoms with E-state index in [0.29, 0.717) is 33.6 Å². The van der Waals surface area contributed by atoms with Crippen molar-refractivity contribution in [2.24, 2.45) is 22.4 Å². The van der Waals surface area contributed by atoms with Crippen LogP contribution in [0, 0.1) is 26.7 Å². The number of aryl methyl sites for hydroxylation is 1. The monoisotopic (exact) mass is 1170 g/mol. The first-order chi connectivity index (χ1) is 38.4. The number of rotatable bonds is 31. The highest BCUT2D eigenvalue weighted by Crippen LogP contribution is 2.30. The number of hydrogen-bond acceptors (Lipinski definition) is 17. The number of carbonyl (C=O) groups is 8. The number of hydrogen-bond donors (Lipinski definition) is 9. The molecule has 0 saturated heterocycles. The highest BCUT2D eigenvalue weighted by molar-refractivity contribution is 7.90. The van der Waals surface area contributed by atoms with Crippen LogP contribution in [-0.4, -0.2) is 136 Å². The molecule has 0 aliphatic carbocycles. The van der Waals surface area contributed by atoms with Crippen LogP contribution < -0.4 is 47.5 Å². The van der Waals surface area contributed by atoms with Gasteiger partial charge in [0, 0.05) is 13.1 Å². The van der Waals surface area contributed by atoms with E-state index in [1.807, 2.05) is 0 Å². The maximum absolute atomic E-state index is 14.4. The summed E-state index contributed by atoms with van der Waals surface area (Å²) in [5.74, 6) is -8.93. The van der Waals surface area contributed by atoms with Crippen LogP contribution in [0.4, 0.5) is 4.79 Å². The van der Waals surface area contributed by atoms with Gasteiger partial charge in [0.15, 0.2) is 5.92 Å². The minimum Gasteiger partial charge on any atom is -0.496 e. The van der Waals surface area contributed by atoms with Crippen LogP contribution in [0.25, 0.3) is 0 Å². The summed E-state index contributed by atoms with van der Waals surface area (Å²) in [5.41, 5.74) is 13.4. The summed E-state index contributed by atoms with van der Waals surface area (Å²) in [6.07, 6.45) is -1.22. The molecule has 3 aromatic carbocycles. The zero-order chi connectivity index (χ0) is 61.4. The van der Waals surface area contributed by atoms with Gasteiger partial charge in [-0.1, -0.05) is 60.7 Å². The molecule has 0 saturated carbocycles. The largest absolute Gasteiger partial charge is 0.496 e. The van der Waals surface area contributed by atoms with Crippen LogP contribution in [0.1, 0.15) is 108 Å². The molecule has 26 heteroatoms. The summed E-state index contributed by atoms with van der Waals surface area (Å²) in [4.78, 5) is 111. The number of carbonyl (C=O) groups excluding carboxylic acids is 7. The number of nitrogens with one attached hydrogen (secondary N) is 6. The van der Waals surface area contributed by atoms with Gasteiger partial charge in [0.1, 0.15) is 49.2 Å². The highest BCUT2D eigenvalue weighted by Gasteiger charge is 2.37. The lowest BCUT2D eigenvalue weighted by Gasteiger charge is -2.28. The molecule has 0 bridgehead atoms. The third-order valence-corrected chi connectivity index (χ3v) is 13.7. The number of nitrogens with two attached hydrogens (primary N) is 2. The van der Waals surface area contributed by atoms with Gasteiger partial charge in [0.05, 0.1) is 30.3 Å². The van der Waals surface area contributed by atoms with Gasteiger partial charge in [-0.3, -0.25) is 38.6 Å². The van der Waals surface area contributed by atoms with Crippen LogP contribution in [0.2, 0.25) is 0 Å². The predicted octanol–water partition coefficient (Wildman–Crippen LogP) is 2.98. The molecular formula is C56H81N9O16S. The fourth-order valence-electron chi connectivity index (χ4n) is 7.81. The Kier molecular flexibility index (Phi) is 27.2. The molecule has 0 fully saturated rings. The summed E-state index contributed by atoms with van der Waals surface area (Å²) in [6, 6.07) is 12.7. The minimum absolute atomic E-state index is 0.0181. The van der Waals surface area contributed by atoms with E-state index in [9.17, 15) is 51.9 Å². The van der Waals surface area contributed by atoms with Crippen molar-refractivity contribution >= 4 is 63.6 Å². The van der Waals surface area contributed by atoms with E-state index in [2.05, 4.69) is 36.3 Å². The van der Waals surface area contributed by atoms with E-state index in [1.165, 1.54) is 7.11 Å². The third kappa shape index (κ3) is 24.5. The number of sulfonamides is 1. The number of guanidine groups is 1. The summed E-state index contributed by atoms with van der Waals surface area (Å²) in [7, 11) is -2.78. The average Bonchev–Trinajstić information content (AvgIpc) is 3.45. The lowest BCUT2D eigenvalue weighted by atomic mass is 9.99. The van der Waals surface area contributed by atoms with Gasteiger partial charge in [-0.25, -0.2) is 17.9 Å². The summed E-state index contributed by atoms with van der Waals surface area (Å²) in [6.45, 7) is 13.2. The quantitative estimate of drug-likeness (QED) is 0.0112. The molecule has 5 amide bonds. The molecule has 4 atom stereocenters. The van der Waals surface area contributed by atoms with Crippen molar-refractivity contribution in [3.05, 3.63) is 94.5 Å². The number of alkyl carbamates (subject to hydrolysis) is 1. The van der Waals surface area contributed by atoms with E-state index in [-0.39, 0.29) is 63.3 Å². The Morgan fingerprint density at radius 3 is 1.73 bits per heavy atom. The van der Waals surface area contributed by atoms with E-state index in [1.54, 1.807) is 129 Å². The molecule has 82 heavy (non-hydrogen) atoms. The van der Waals surface area contributed by atoms with Gasteiger partial charge in [0.2, 0.25) is 29.6 Å². The second kappa shape index (κ2) is 32.6. The van der Waals surface area contributed by atoms with Gasteiger partial charge in [-0.15, -0.1) is 0 Å². The maximum Gasteiger partial charge on any atom is 0.407 e. The van der Waals surface area contributed by atoms with E-state index in [4.69, 9.17) is 35.2 Å². The Balaban J connectivity index is 1.90. The topological polar surface area (TPSA) is 374 Å². The predicted molar refractivity (Wildman–Crippen MR) is 302 cm³/mol. The van der Waals surface area contributed by atoms with Crippen molar-refractivity contribution in [3.8, 4) is 5.75 Å². The standard InChI is InChI=1S/C56H81N9O16S/c1-34-28-44(77-10)35(2)36(3)46(34)82(75,76)65-53(58)59-27-19-25-41(48(69)61-30-45(66)67)62-49(70)42(24-17-18-26-60-54(74)81-56(7,8)9)63-50(71)43(33-80-55(4,5)6)64-47(68)40(57)29-39(51(72)78-31-37-20-13-11-14-21-37)52(73)79-32-38-22-15-12-16-23-38/h11-16,20-23,28,39-43H,17-19,24-27,29-33,57H2,1-10H3,(H,60,74)(H,61,69)(H,62,70)(H,63,71)(H,64,68)(H,66,67)(H3,58,59,65)/t40-,41-,42-,43-/m0/s1. The Labute approximate surface area is 479 Å². The second-order valence-corrected chi connectivity index (χ2v) is 22.8. The molecule has 0 radical (unpaired) electrons. The summed E-state index contributed by atoms with van der Waals surface area (Å²) in [5, 5.41) is 21.9. The molecule has 11 N–H and O–H groups in total. The Bertz CT molecular complexity index is 2750.